The van der Waals surface area contributed by atoms with Crippen molar-refractivity contribution in [2.75, 3.05) is 21.3 Å². The molecule has 6 N–H and O–H groups in total. The van der Waals surface area contributed by atoms with Crippen molar-refractivity contribution in [2.45, 2.75) is 58.7 Å². The van der Waals surface area contributed by atoms with E-state index >= 15 is 0 Å². The van der Waals surface area contributed by atoms with Crippen LogP contribution in [0.3, 0.4) is 0 Å². The van der Waals surface area contributed by atoms with E-state index in [9.17, 15) is 150 Å². The molecule has 0 aliphatic carbocycles. The van der Waals surface area contributed by atoms with Gasteiger partial charge in [-0.1, -0.05) is 36.4 Å². The number of hydrogen-bond donors (Lipinski definition) is 6. The molecular formula is C52H22Cl2N14Na12O38S12. The van der Waals surface area contributed by atoms with Crippen LogP contribution in [0.2, 0.25) is 10.6 Å². The van der Waals surface area contributed by atoms with Gasteiger partial charge in [0.15, 0.2) is 11.5 Å². The molecule has 9 aromatic carbocycles. The minimum Gasteiger partial charge on any atom is -0.744 e. The molecule has 0 saturated carbocycles. The minimum absolute atomic E-state index is 0. The molecule has 0 spiro atoms. The predicted molar refractivity (Wildman–Crippen MR) is 372 cm³/mol. The Labute approximate surface area is 1010 Å². The van der Waals surface area contributed by atoms with Gasteiger partial charge in [0.25, 0.3) is 0 Å². The zero-order valence-electron chi connectivity index (χ0n) is 67.0. The number of anilines is 8. The van der Waals surface area contributed by atoms with Crippen LogP contribution in [0, 0.1) is 0 Å². The van der Waals surface area contributed by atoms with Gasteiger partial charge in [-0.25, -0.2) is 84.2 Å². The molecule has 0 saturated heterocycles. The number of fused-ring (bicyclic) bond motifs is 4. The number of nitrogens with one attached hydrogen (secondary N) is 4. The molecule has 0 atom stereocenters. The minimum atomic E-state index is -6.86. The summed E-state index contributed by atoms with van der Waals surface area (Å²) < 4.78 is 396. The van der Waals surface area contributed by atoms with Gasteiger partial charge in [0.1, 0.15) is 129 Å². The second-order valence-electron chi connectivity index (χ2n) is 22.2. The number of hydrogen-bond acceptors (Lipinski definition) is 54. The van der Waals surface area contributed by atoms with E-state index < -0.39 is 307 Å². The third-order valence-corrected chi connectivity index (χ3v) is 26.3. The molecule has 130 heavy (non-hydrogen) atoms. The van der Waals surface area contributed by atoms with Crippen molar-refractivity contribution in [3.8, 4) is 11.5 Å². The molecule has 626 valence electrons. The SMILES string of the molecule is O=S(=O)([O-])c1cc(Nc2nc(Cl)nc(Nc3ccc(Nc4nc(Cl)nc(Nc5cc(SOO[O-])c(S(=O)(=O)[O-])c6c(S(=O)(=O)[O-])c(S(=O)(=O)[O-])c(N=Nc7ccc8c(S(=O)(=O)[O-])cccc8c7S(=O)(=O)[O-])c(O)c56)n4)cc3)n2)c2c(O)c(N=Nc3ccc4c(S(=O)(=O)[O-])cccc4c3S(=O)(=O)[O-])c(SOO[O-])c(S(=O)(=O)[O-])c2c1S(=O)(=O)[O-].[Na+].[Na+].[Na+].[Na+].[Na+].[Na+].[Na+].[Na+].[Na+].[Na+].[Na+].[Na+]. The van der Waals surface area contributed by atoms with E-state index in [0.717, 1.165) is 48.5 Å². The van der Waals surface area contributed by atoms with Crippen molar-refractivity contribution in [1.82, 2.24) is 29.9 Å². The fourth-order valence-electron chi connectivity index (χ4n) is 11.1. The van der Waals surface area contributed by atoms with Crippen molar-refractivity contribution >= 4 is 261 Å². The summed E-state index contributed by atoms with van der Waals surface area (Å²) in [5.74, 6) is -7.31. The average molecular weight is 2180 g/mol. The second-order valence-corrected chi connectivity index (χ2v) is 37.6. The molecule has 0 bridgehead atoms. The molecule has 11 rings (SSSR count). The summed E-state index contributed by atoms with van der Waals surface area (Å²) in [6, 6.07) is 11.4. The van der Waals surface area contributed by atoms with Gasteiger partial charge in [0.2, 0.25) is 34.4 Å². The average Bonchev–Trinajstić information content (AvgIpc) is 0.709. The molecule has 78 heteroatoms. The van der Waals surface area contributed by atoms with Gasteiger partial charge in [-0.2, -0.15) is 38.6 Å². The standard InChI is InChI=1S/C52H34Cl2N14O38S12.12Na/c53-47-59-49(63-51(61-47)57-25-15-27(107-105-103-71)42(114(88,89)90)33-31(25)38(70)36(46(118(100,101)102)45(33)117(97,98)99)68-66-24-14-12-20-22(41(24)113(85,86)87)4-2-6-29(20)110(76,77)78)55-17-7-9-18(10-8-17)56-50-60-48(54)62-52(64-50)58-26-16-30(111(79,80)81)43(115(91,92)93)34-32(26)37(69)35(39(108-106-104-72)44(34)116(94,95)96)67-65-23-13-11-19-21(40(23)112(82,83)84)3-1-5-28(19)109(73,74)75;;;;;;;;;;;;/h1-16,69-72H,(H,73,74,75)(H,76,77,78)(H,79,80,81)(H,82,83,84)(H,85,86,87)(H,88,89,90)(H,91,92,93)(H,94,95,96)(H,97,98,99)(H,100,101,102)(H2,55,57,59,61,63)(H2,56,58,60,62,64);;;;;;;;;;;;/q;12*+1/p-12. The number of azo groups is 2. The van der Waals surface area contributed by atoms with Crippen LogP contribution in [0.4, 0.5) is 69.3 Å². The summed E-state index contributed by atoms with van der Waals surface area (Å²) in [7, 11) is -62.9. The smallest absolute Gasteiger partial charge is 0.744 e. The van der Waals surface area contributed by atoms with Gasteiger partial charge in [0.05, 0.1) is 100 Å². The molecule has 0 aliphatic rings. The summed E-state index contributed by atoms with van der Waals surface area (Å²) in [4.78, 5) is 0.503. The number of phenols is 2. The maximum Gasteiger partial charge on any atom is 1.00 e. The van der Waals surface area contributed by atoms with Gasteiger partial charge in [0, 0.05) is 43.7 Å². The number of aromatic hydroxyl groups is 2. The fraction of sp³-hybridized carbons (Fsp3) is 0. The molecule has 2 heterocycles. The number of phenolic OH excluding ortho intramolecular Hbond substituents is 2. The van der Waals surface area contributed by atoms with E-state index in [-0.39, 0.29) is 372 Å². The molecular weight excluding hydrogens is 2160 g/mol. The van der Waals surface area contributed by atoms with Crippen LogP contribution in [0.1, 0.15) is 0 Å². The van der Waals surface area contributed by atoms with E-state index in [2.05, 4.69) is 90.4 Å². The Hall–Kier alpha value is 2.18. The van der Waals surface area contributed by atoms with E-state index in [1.807, 2.05) is 0 Å². The molecule has 0 radical (unpaired) electrons. The monoisotopic (exact) mass is 2180 g/mol. The molecule has 0 amide bonds. The van der Waals surface area contributed by atoms with E-state index in [0.29, 0.717) is 42.5 Å². The normalized spacial score (nSPS) is 12.0. The third kappa shape index (κ3) is 31.1. The molecule has 0 aliphatic heterocycles. The van der Waals surface area contributed by atoms with Gasteiger partial charge < -0.3 is 87.5 Å². The zero-order valence-corrected chi connectivity index (χ0v) is 102. The van der Waals surface area contributed by atoms with Gasteiger partial charge >= 0.3 is 355 Å². The van der Waals surface area contributed by atoms with Crippen LogP contribution in [0.25, 0.3) is 43.1 Å². The Balaban J connectivity index is 0. The van der Waals surface area contributed by atoms with Crippen LogP contribution in [0.15, 0.2) is 176 Å². The first-order valence-corrected chi connectivity index (χ1v) is 45.4. The van der Waals surface area contributed by atoms with Crippen molar-refractivity contribution in [3.63, 3.8) is 0 Å². The number of benzene rings is 9. The topological polar surface area (TPSA) is 870 Å². The number of rotatable bonds is 28. The number of aromatic nitrogens is 6. The van der Waals surface area contributed by atoms with E-state index in [1.165, 1.54) is 0 Å². The summed E-state index contributed by atoms with van der Waals surface area (Å²) in [5.41, 5.74) is -8.93. The Kier molecular flexibility index (Phi) is 54.0. The molecule has 0 unspecified atom stereocenters. The summed E-state index contributed by atoms with van der Waals surface area (Å²) in [5, 5.41) is 63.6. The van der Waals surface area contributed by atoms with E-state index in [1.54, 1.807) is 0 Å². The van der Waals surface area contributed by atoms with Crippen molar-refractivity contribution in [1.29, 1.82) is 0 Å². The molecule has 0 fully saturated rings. The van der Waals surface area contributed by atoms with E-state index in [4.69, 9.17) is 23.2 Å². The fourth-order valence-corrected chi connectivity index (χ4v) is 21.9. The second kappa shape index (κ2) is 52.3. The number of halogens is 2. The molecule has 11 aromatic rings. The molecule has 52 nitrogen and oxygen atoms in total. The summed E-state index contributed by atoms with van der Waals surface area (Å²) in [6.45, 7) is 0. The maximum absolute atomic E-state index is 13.4. The van der Waals surface area contributed by atoms with Crippen LogP contribution >= 0.6 is 47.3 Å². The van der Waals surface area contributed by atoms with Crippen molar-refractivity contribution < 1.29 is 524 Å². The van der Waals surface area contributed by atoms with Crippen molar-refractivity contribution in [3.05, 3.63) is 108 Å². The summed E-state index contributed by atoms with van der Waals surface area (Å²) in [6.07, 6.45) is 0. The predicted octanol–water partition coefficient (Wildman–Crippen LogP) is -33.3. The maximum atomic E-state index is 13.4. The molecule has 2 aromatic heterocycles. The number of nitrogens with zero attached hydrogens (tertiary/aromatic N) is 10. The van der Waals surface area contributed by atoms with Crippen LogP contribution in [0.5, 0.6) is 11.5 Å². The van der Waals surface area contributed by atoms with Crippen LogP contribution in [-0.2, 0) is 120 Å². The Morgan fingerprint density at radius 3 is 0.985 bits per heavy atom. The van der Waals surface area contributed by atoms with Gasteiger partial charge in [-0.15, -0.1) is 20.5 Å². The third-order valence-electron chi connectivity index (χ3n) is 15.1. The summed E-state index contributed by atoms with van der Waals surface area (Å²) >= 11 is 11.0. The van der Waals surface area contributed by atoms with Gasteiger partial charge in [-0.05, 0) is 83.9 Å². The Bertz CT molecular complexity index is 7580. The van der Waals surface area contributed by atoms with Crippen LogP contribution < -0.4 is 386 Å². The quantitative estimate of drug-likeness (QED) is 0.00662. The van der Waals surface area contributed by atoms with Gasteiger partial charge in [-0.3, -0.25) is 10.1 Å². The first-order chi connectivity index (χ1) is 54.4. The largest absolute Gasteiger partial charge is 1.00 e. The van der Waals surface area contributed by atoms with Crippen LogP contribution in [-0.4, -0.2) is 170 Å². The first kappa shape index (κ1) is 134. The Morgan fingerprint density at radius 1 is 0.315 bits per heavy atom. The first-order valence-electron chi connectivity index (χ1n) is 29.0. The zero-order chi connectivity index (χ0) is 87.2. The Morgan fingerprint density at radius 2 is 0.638 bits per heavy atom. The van der Waals surface area contributed by atoms with Crippen molar-refractivity contribution in [2.24, 2.45) is 20.5 Å².